The van der Waals surface area contributed by atoms with Gasteiger partial charge >= 0.3 is 0 Å². The molecule has 0 aromatic carbocycles. The standard InChI is InChI=1S/C17H32N6O2/c1-4-16-21-20-14-23(16)9-7-19-17(18-5-2)22-8-6-15(12-22)13-25-11-10-24-3/h14-15H,4-13H2,1-3H3,(H,18,19). The van der Waals surface area contributed by atoms with E-state index in [1.165, 1.54) is 0 Å². The average molecular weight is 352 g/mol. The van der Waals surface area contributed by atoms with Gasteiger partial charge in [-0.15, -0.1) is 10.2 Å². The van der Waals surface area contributed by atoms with Gasteiger partial charge in [0.05, 0.1) is 26.4 Å². The van der Waals surface area contributed by atoms with Gasteiger partial charge in [0.15, 0.2) is 5.96 Å². The van der Waals surface area contributed by atoms with E-state index in [2.05, 4.69) is 38.8 Å². The zero-order chi connectivity index (χ0) is 17.9. The highest BCUT2D eigenvalue weighted by Gasteiger charge is 2.24. The summed E-state index contributed by atoms with van der Waals surface area (Å²) in [6.07, 6.45) is 3.81. The third kappa shape index (κ3) is 6.28. The van der Waals surface area contributed by atoms with E-state index < -0.39 is 0 Å². The molecule has 1 aromatic heterocycles. The molecule has 8 heteroatoms. The number of hydrogen-bond acceptors (Lipinski definition) is 5. The lowest BCUT2D eigenvalue weighted by Gasteiger charge is -2.21. The lowest BCUT2D eigenvalue weighted by molar-refractivity contribution is 0.0536. The second kappa shape index (κ2) is 11.0. The Hall–Kier alpha value is -1.67. The molecule has 0 bridgehead atoms. The van der Waals surface area contributed by atoms with E-state index in [1.807, 2.05) is 0 Å². The van der Waals surface area contributed by atoms with Gasteiger partial charge in [0.1, 0.15) is 12.2 Å². The minimum Gasteiger partial charge on any atom is -0.382 e. The highest BCUT2D eigenvalue weighted by molar-refractivity contribution is 5.80. The minimum absolute atomic E-state index is 0.560. The molecule has 1 aliphatic rings. The molecule has 1 unspecified atom stereocenters. The number of rotatable bonds is 10. The number of guanidine groups is 1. The Balaban J connectivity index is 1.81. The fourth-order valence-electron chi connectivity index (χ4n) is 2.98. The molecule has 142 valence electrons. The summed E-state index contributed by atoms with van der Waals surface area (Å²) >= 11 is 0. The molecule has 2 heterocycles. The van der Waals surface area contributed by atoms with Crippen molar-refractivity contribution < 1.29 is 9.47 Å². The predicted octanol–water partition coefficient (Wildman–Crippen LogP) is 0.791. The van der Waals surface area contributed by atoms with Crippen molar-refractivity contribution in [2.45, 2.75) is 33.2 Å². The molecule has 1 aliphatic heterocycles. The molecule has 0 spiro atoms. The molecule has 25 heavy (non-hydrogen) atoms. The first-order valence-electron chi connectivity index (χ1n) is 9.25. The van der Waals surface area contributed by atoms with Crippen molar-refractivity contribution in [2.75, 3.05) is 53.1 Å². The maximum absolute atomic E-state index is 5.67. The van der Waals surface area contributed by atoms with Crippen LogP contribution in [0.25, 0.3) is 0 Å². The topological polar surface area (TPSA) is 76.8 Å². The molecular formula is C17H32N6O2. The molecule has 0 radical (unpaired) electrons. The zero-order valence-electron chi connectivity index (χ0n) is 15.8. The molecule has 1 aromatic rings. The first-order valence-corrected chi connectivity index (χ1v) is 9.25. The lowest BCUT2D eigenvalue weighted by atomic mass is 10.1. The van der Waals surface area contributed by atoms with Crippen molar-refractivity contribution in [3.8, 4) is 0 Å². The molecule has 2 rings (SSSR count). The normalized spacial score (nSPS) is 18.1. The summed E-state index contributed by atoms with van der Waals surface area (Å²) < 4.78 is 12.8. The van der Waals surface area contributed by atoms with Crippen molar-refractivity contribution in [3.63, 3.8) is 0 Å². The van der Waals surface area contributed by atoms with Gasteiger partial charge in [-0.3, -0.25) is 4.99 Å². The summed E-state index contributed by atoms with van der Waals surface area (Å²) in [7, 11) is 1.70. The molecule has 0 saturated carbocycles. The summed E-state index contributed by atoms with van der Waals surface area (Å²) in [5.41, 5.74) is 0. The van der Waals surface area contributed by atoms with Crippen molar-refractivity contribution >= 4 is 5.96 Å². The van der Waals surface area contributed by atoms with Crippen LogP contribution in [0.15, 0.2) is 11.3 Å². The Labute approximate surface area is 150 Å². The van der Waals surface area contributed by atoms with Crippen LogP contribution in [-0.2, 0) is 22.4 Å². The smallest absolute Gasteiger partial charge is 0.193 e. The van der Waals surface area contributed by atoms with Crippen LogP contribution >= 0.6 is 0 Å². The fraction of sp³-hybridized carbons (Fsp3) is 0.824. The van der Waals surface area contributed by atoms with Gasteiger partial charge in [0, 0.05) is 45.6 Å². The molecule has 8 nitrogen and oxygen atoms in total. The number of nitrogens with zero attached hydrogens (tertiary/aromatic N) is 5. The van der Waals surface area contributed by atoms with Crippen LogP contribution in [0.1, 0.15) is 26.1 Å². The summed E-state index contributed by atoms with van der Waals surface area (Å²) in [6.45, 7) is 10.7. The summed E-state index contributed by atoms with van der Waals surface area (Å²) in [5, 5.41) is 11.5. The maximum Gasteiger partial charge on any atom is 0.193 e. The van der Waals surface area contributed by atoms with Crippen molar-refractivity contribution in [1.82, 2.24) is 25.0 Å². The Kier molecular flexibility index (Phi) is 8.68. The fourth-order valence-corrected chi connectivity index (χ4v) is 2.98. The monoisotopic (exact) mass is 352 g/mol. The van der Waals surface area contributed by atoms with Gasteiger partial charge in [0.25, 0.3) is 0 Å². The van der Waals surface area contributed by atoms with Gasteiger partial charge in [-0.1, -0.05) is 6.92 Å². The van der Waals surface area contributed by atoms with E-state index in [4.69, 9.17) is 14.5 Å². The predicted molar refractivity (Wildman–Crippen MR) is 97.8 cm³/mol. The molecule has 1 saturated heterocycles. The Morgan fingerprint density at radius 3 is 3.04 bits per heavy atom. The van der Waals surface area contributed by atoms with Crippen LogP contribution in [0.2, 0.25) is 0 Å². The van der Waals surface area contributed by atoms with E-state index in [0.29, 0.717) is 19.1 Å². The number of ether oxygens (including phenoxy) is 2. The Morgan fingerprint density at radius 2 is 2.28 bits per heavy atom. The third-order valence-electron chi connectivity index (χ3n) is 4.32. The minimum atomic E-state index is 0.560. The first kappa shape index (κ1) is 19.7. The van der Waals surface area contributed by atoms with E-state index in [0.717, 1.165) is 64.0 Å². The van der Waals surface area contributed by atoms with Crippen molar-refractivity contribution in [1.29, 1.82) is 0 Å². The number of methoxy groups -OCH3 is 1. The van der Waals surface area contributed by atoms with Crippen LogP contribution in [0.4, 0.5) is 0 Å². The van der Waals surface area contributed by atoms with Gasteiger partial charge in [-0.05, 0) is 13.3 Å². The number of likely N-dealkylation sites (tertiary alicyclic amines) is 1. The zero-order valence-corrected chi connectivity index (χ0v) is 15.8. The van der Waals surface area contributed by atoms with Crippen molar-refractivity contribution in [3.05, 3.63) is 12.2 Å². The van der Waals surface area contributed by atoms with E-state index in [-0.39, 0.29) is 0 Å². The number of aryl methyl sites for hydroxylation is 1. The molecule has 1 atom stereocenters. The summed E-state index contributed by atoms with van der Waals surface area (Å²) in [5.74, 6) is 2.56. The summed E-state index contributed by atoms with van der Waals surface area (Å²) in [4.78, 5) is 7.12. The maximum atomic E-state index is 5.67. The highest BCUT2D eigenvalue weighted by atomic mass is 16.5. The second-order valence-electron chi connectivity index (χ2n) is 6.20. The van der Waals surface area contributed by atoms with Gasteiger partial charge in [-0.2, -0.15) is 0 Å². The number of hydrogen-bond donors (Lipinski definition) is 1. The van der Waals surface area contributed by atoms with E-state index in [1.54, 1.807) is 13.4 Å². The third-order valence-corrected chi connectivity index (χ3v) is 4.32. The molecule has 0 amide bonds. The van der Waals surface area contributed by atoms with E-state index >= 15 is 0 Å². The van der Waals surface area contributed by atoms with Crippen LogP contribution in [-0.4, -0.2) is 78.7 Å². The number of aliphatic imine (C=N–C) groups is 1. The van der Waals surface area contributed by atoms with Crippen LogP contribution in [0.5, 0.6) is 0 Å². The van der Waals surface area contributed by atoms with Gasteiger partial charge in [-0.25, -0.2) is 0 Å². The quantitative estimate of drug-likeness (QED) is 0.381. The first-order chi connectivity index (χ1) is 12.3. The SMILES string of the molecule is CCNC(=NCCn1cnnc1CC)N1CCC(COCCOC)C1. The molecule has 1 N–H and O–H groups in total. The molecule has 1 fully saturated rings. The number of nitrogens with one attached hydrogen (secondary N) is 1. The lowest BCUT2D eigenvalue weighted by Crippen LogP contribution is -2.40. The van der Waals surface area contributed by atoms with Crippen LogP contribution < -0.4 is 5.32 Å². The Bertz CT molecular complexity index is 519. The average Bonchev–Trinajstić information content (AvgIpc) is 3.27. The highest BCUT2D eigenvalue weighted by Crippen LogP contribution is 2.16. The van der Waals surface area contributed by atoms with Crippen LogP contribution in [0, 0.1) is 5.92 Å². The Morgan fingerprint density at radius 1 is 1.40 bits per heavy atom. The molecule has 0 aliphatic carbocycles. The largest absolute Gasteiger partial charge is 0.382 e. The van der Waals surface area contributed by atoms with E-state index in [9.17, 15) is 0 Å². The van der Waals surface area contributed by atoms with Gasteiger partial charge < -0.3 is 24.3 Å². The second-order valence-corrected chi connectivity index (χ2v) is 6.20. The van der Waals surface area contributed by atoms with Crippen molar-refractivity contribution in [2.24, 2.45) is 10.9 Å². The summed E-state index contributed by atoms with van der Waals surface area (Å²) in [6, 6.07) is 0. The number of aromatic nitrogens is 3. The molecular weight excluding hydrogens is 320 g/mol. The van der Waals surface area contributed by atoms with Gasteiger partial charge in [0.2, 0.25) is 0 Å². The van der Waals surface area contributed by atoms with Crippen LogP contribution in [0.3, 0.4) is 0 Å².